The molecule has 138 valence electrons. The van der Waals surface area contributed by atoms with Crippen LogP contribution in [0.3, 0.4) is 0 Å². The highest BCUT2D eigenvalue weighted by molar-refractivity contribution is 5.86. The molecule has 1 aliphatic heterocycles. The lowest BCUT2D eigenvalue weighted by atomic mass is 9.90. The molecule has 2 heterocycles. The molecule has 3 aromatic rings. The Kier molecular flexibility index (Phi) is 4.01. The first kappa shape index (κ1) is 16.6. The lowest BCUT2D eigenvalue weighted by Gasteiger charge is -2.29. The molecular weight excluding hydrogens is 338 g/mol. The summed E-state index contributed by atoms with van der Waals surface area (Å²) >= 11 is 0. The van der Waals surface area contributed by atoms with Gasteiger partial charge in [0.2, 0.25) is 0 Å². The van der Waals surface area contributed by atoms with Crippen LogP contribution in [-0.2, 0) is 25.9 Å². The maximum atomic E-state index is 12.5. The number of aryl methyl sites for hydroxylation is 2. The van der Waals surface area contributed by atoms with Crippen molar-refractivity contribution in [1.29, 1.82) is 0 Å². The van der Waals surface area contributed by atoms with Gasteiger partial charge in [-0.15, -0.1) is 0 Å². The van der Waals surface area contributed by atoms with E-state index in [4.69, 9.17) is 9.15 Å². The lowest BCUT2D eigenvalue weighted by Crippen LogP contribution is -2.31. The second-order valence-corrected chi connectivity index (χ2v) is 7.72. The van der Waals surface area contributed by atoms with Crippen molar-refractivity contribution in [3.63, 3.8) is 0 Å². The monoisotopic (exact) mass is 361 g/mol. The van der Waals surface area contributed by atoms with E-state index in [2.05, 4.69) is 42.2 Å². The van der Waals surface area contributed by atoms with E-state index in [9.17, 15) is 4.79 Å². The molecular formula is C23H23NO3. The second-order valence-electron chi connectivity index (χ2n) is 7.72. The minimum atomic E-state index is -0.166. The largest absolute Gasteiger partial charge is 0.478 e. The normalized spacial score (nSPS) is 16.6. The van der Waals surface area contributed by atoms with Gasteiger partial charge in [0.15, 0.2) is 0 Å². The smallest absolute Gasteiger partial charge is 0.339 e. The van der Waals surface area contributed by atoms with Crippen molar-refractivity contribution >= 4 is 11.0 Å². The average Bonchev–Trinajstić information content (AvgIpc) is 2.70. The summed E-state index contributed by atoms with van der Waals surface area (Å²) in [7, 11) is 0. The fraction of sp³-hybridized carbons (Fsp3) is 0.348. The quantitative estimate of drug-likeness (QED) is 0.637. The molecule has 5 rings (SSSR count). The third-order valence-corrected chi connectivity index (χ3v) is 5.76. The van der Waals surface area contributed by atoms with Crippen LogP contribution in [0.2, 0.25) is 0 Å². The molecule has 0 spiro atoms. The zero-order valence-corrected chi connectivity index (χ0v) is 15.6. The number of fused-ring (bicyclic) bond motifs is 5. The van der Waals surface area contributed by atoms with Gasteiger partial charge < -0.3 is 9.15 Å². The Balaban J connectivity index is 1.54. The van der Waals surface area contributed by atoms with Crippen molar-refractivity contribution in [2.75, 3.05) is 6.73 Å². The molecule has 1 aromatic heterocycles. The van der Waals surface area contributed by atoms with E-state index in [1.807, 2.05) is 6.07 Å². The minimum absolute atomic E-state index is 0.166. The molecule has 1 aliphatic carbocycles. The summed E-state index contributed by atoms with van der Waals surface area (Å²) in [6, 6.07) is 12.7. The molecule has 0 bridgehead atoms. The van der Waals surface area contributed by atoms with Gasteiger partial charge in [0.05, 0.1) is 5.56 Å². The number of nitrogens with zero attached hydrogens (tertiary/aromatic N) is 1. The highest BCUT2D eigenvalue weighted by atomic mass is 16.5. The number of benzene rings is 2. The average molecular weight is 361 g/mol. The van der Waals surface area contributed by atoms with Crippen molar-refractivity contribution in [3.05, 3.63) is 74.6 Å². The van der Waals surface area contributed by atoms with Crippen LogP contribution in [0.25, 0.3) is 11.0 Å². The van der Waals surface area contributed by atoms with Gasteiger partial charge in [0, 0.05) is 24.0 Å². The first-order valence-electron chi connectivity index (χ1n) is 9.70. The van der Waals surface area contributed by atoms with E-state index in [0.29, 0.717) is 12.3 Å². The molecule has 27 heavy (non-hydrogen) atoms. The summed E-state index contributed by atoms with van der Waals surface area (Å²) in [6.07, 6.45) is 4.01. The standard InChI is InChI=1S/C23H23NO3/c1-15-6-8-16(9-7-15)12-24-13-20-21(26-14-24)11-10-18-17-4-2-3-5-19(17)23(25)27-22(18)20/h6-11H,2-5,12-14H2,1H3. The van der Waals surface area contributed by atoms with Crippen molar-refractivity contribution in [1.82, 2.24) is 4.90 Å². The van der Waals surface area contributed by atoms with Crippen LogP contribution in [0.4, 0.5) is 0 Å². The molecule has 2 aromatic carbocycles. The Labute approximate surface area is 158 Å². The third-order valence-electron chi connectivity index (χ3n) is 5.76. The van der Waals surface area contributed by atoms with Crippen LogP contribution in [0.5, 0.6) is 5.75 Å². The maximum Gasteiger partial charge on any atom is 0.339 e. The van der Waals surface area contributed by atoms with Gasteiger partial charge in [-0.3, -0.25) is 4.90 Å². The number of hydrogen-bond donors (Lipinski definition) is 0. The highest BCUT2D eigenvalue weighted by Crippen LogP contribution is 2.35. The molecule has 0 amide bonds. The second kappa shape index (κ2) is 6.54. The fourth-order valence-corrected chi connectivity index (χ4v) is 4.31. The minimum Gasteiger partial charge on any atom is -0.478 e. The van der Waals surface area contributed by atoms with E-state index in [1.165, 1.54) is 16.7 Å². The van der Waals surface area contributed by atoms with Gasteiger partial charge in [-0.05, 0) is 55.9 Å². The summed E-state index contributed by atoms with van der Waals surface area (Å²) in [5, 5.41) is 1.09. The number of hydrogen-bond acceptors (Lipinski definition) is 4. The molecule has 4 heteroatoms. The molecule has 0 saturated carbocycles. The van der Waals surface area contributed by atoms with Crippen molar-refractivity contribution in [3.8, 4) is 5.75 Å². The van der Waals surface area contributed by atoms with Crippen LogP contribution in [0, 0.1) is 6.92 Å². The summed E-state index contributed by atoms with van der Waals surface area (Å²) in [6.45, 7) is 4.17. The molecule has 0 atom stereocenters. The van der Waals surface area contributed by atoms with E-state index in [1.54, 1.807) is 0 Å². The number of ether oxygens (including phenoxy) is 1. The van der Waals surface area contributed by atoms with Crippen molar-refractivity contribution < 1.29 is 9.15 Å². The van der Waals surface area contributed by atoms with Crippen LogP contribution in [0.15, 0.2) is 45.6 Å². The third kappa shape index (κ3) is 2.94. The van der Waals surface area contributed by atoms with Crippen molar-refractivity contribution in [2.45, 2.75) is 45.7 Å². The van der Waals surface area contributed by atoms with Gasteiger partial charge in [-0.2, -0.15) is 0 Å². The summed E-state index contributed by atoms with van der Waals surface area (Å²) in [5.41, 5.74) is 6.13. The summed E-state index contributed by atoms with van der Waals surface area (Å²) in [5.74, 6) is 0.835. The maximum absolute atomic E-state index is 12.5. The molecule has 0 saturated heterocycles. The van der Waals surface area contributed by atoms with Gasteiger partial charge in [0.1, 0.15) is 18.1 Å². The summed E-state index contributed by atoms with van der Waals surface area (Å²) < 4.78 is 11.8. The van der Waals surface area contributed by atoms with Gasteiger partial charge in [0.25, 0.3) is 0 Å². The topological polar surface area (TPSA) is 42.7 Å². The fourth-order valence-electron chi connectivity index (χ4n) is 4.31. The Hall–Kier alpha value is -2.59. The van der Waals surface area contributed by atoms with Crippen LogP contribution in [-0.4, -0.2) is 11.6 Å². The Morgan fingerprint density at radius 2 is 1.74 bits per heavy atom. The van der Waals surface area contributed by atoms with E-state index in [0.717, 1.165) is 61.0 Å². The molecule has 2 aliphatic rings. The zero-order valence-electron chi connectivity index (χ0n) is 15.6. The SMILES string of the molecule is Cc1ccc(CN2COc3ccc4c5c(c(=O)oc4c3C2)CCCC5)cc1. The molecule has 4 nitrogen and oxygen atoms in total. The van der Waals surface area contributed by atoms with Crippen LogP contribution >= 0.6 is 0 Å². The first-order valence-corrected chi connectivity index (χ1v) is 9.70. The van der Waals surface area contributed by atoms with Gasteiger partial charge >= 0.3 is 5.63 Å². The predicted octanol–water partition coefficient (Wildman–Crippen LogP) is 4.33. The Morgan fingerprint density at radius 3 is 2.56 bits per heavy atom. The Morgan fingerprint density at radius 1 is 0.963 bits per heavy atom. The molecule has 0 radical (unpaired) electrons. The van der Waals surface area contributed by atoms with E-state index < -0.39 is 0 Å². The highest BCUT2D eigenvalue weighted by Gasteiger charge is 2.25. The predicted molar refractivity (Wildman–Crippen MR) is 105 cm³/mol. The van der Waals surface area contributed by atoms with E-state index >= 15 is 0 Å². The molecule has 0 fully saturated rings. The van der Waals surface area contributed by atoms with Gasteiger partial charge in [-0.1, -0.05) is 29.8 Å². The zero-order chi connectivity index (χ0) is 18.4. The molecule has 0 N–H and O–H groups in total. The van der Waals surface area contributed by atoms with Crippen LogP contribution < -0.4 is 10.4 Å². The summed E-state index contributed by atoms with van der Waals surface area (Å²) in [4.78, 5) is 14.8. The Bertz CT molecular complexity index is 1070. The number of rotatable bonds is 2. The first-order chi connectivity index (χ1) is 13.2. The molecule has 0 unspecified atom stereocenters. The van der Waals surface area contributed by atoms with Crippen LogP contribution in [0.1, 0.15) is 40.7 Å². The van der Waals surface area contributed by atoms with Crippen molar-refractivity contribution in [2.24, 2.45) is 0 Å². The van der Waals surface area contributed by atoms with Gasteiger partial charge in [-0.25, -0.2) is 4.79 Å². The lowest BCUT2D eigenvalue weighted by molar-refractivity contribution is 0.0889. The van der Waals surface area contributed by atoms with E-state index in [-0.39, 0.29) is 5.63 Å².